The predicted molar refractivity (Wildman–Crippen MR) is 113 cm³/mol. The number of rotatable bonds is 5. The SMILES string of the molecule is CC(C)(C)OC(=O)CN1CCC(c2cc(C(F)(F)F)ccc2CN2CCN(C(=O)[O-])CC2)C1. The molecule has 1 aromatic rings. The van der Waals surface area contributed by atoms with Crippen LogP contribution in [0.4, 0.5) is 18.0 Å². The summed E-state index contributed by atoms with van der Waals surface area (Å²) in [4.78, 5) is 28.4. The number of esters is 1. The van der Waals surface area contributed by atoms with Crippen LogP contribution in [-0.2, 0) is 22.3 Å². The first-order valence-corrected chi connectivity index (χ1v) is 11.1. The van der Waals surface area contributed by atoms with Crippen molar-refractivity contribution < 1.29 is 32.6 Å². The summed E-state index contributed by atoms with van der Waals surface area (Å²) in [5, 5.41) is 11.0. The number of amides is 1. The van der Waals surface area contributed by atoms with Gasteiger partial charge in [0.05, 0.1) is 12.1 Å². The van der Waals surface area contributed by atoms with Crippen molar-refractivity contribution in [3.63, 3.8) is 0 Å². The molecule has 2 fully saturated rings. The van der Waals surface area contributed by atoms with Gasteiger partial charge in [0, 0.05) is 39.3 Å². The van der Waals surface area contributed by atoms with E-state index in [1.807, 2.05) is 9.80 Å². The van der Waals surface area contributed by atoms with Gasteiger partial charge in [-0.3, -0.25) is 14.6 Å². The summed E-state index contributed by atoms with van der Waals surface area (Å²) in [5.74, 6) is -0.479. The van der Waals surface area contributed by atoms with Crippen LogP contribution in [0, 0.1) is 0 Å². The summed E-state index contributed by atoms with van der Waals surface area (Å²) in [6.45, 7) is 8.60. The number of carbonyl (C=O) groups excluding carboxylic acids is 2. The summed E-state index contributed by atoms with van der Waals surface area (Å²) < 4.78 is 45.6. The lowest BCUT2D eigenvalue weighted by molar-refractivity contribution is -0.266. The van der Waals surface area contributed by atoms with Crippen molar-refractivity contribution in [3.8, 4) is 0 Å². The monoisotopic (exact) mass is 470 g/mol. The van der Waals surface area contributed by atoms with E-state index in [1.165, 1.54) is 17.0 Å². The van der Waals surface area contributed by atoms with Crippen molar-refractivity contribution in [1.29, 1.82) is 0 Å². The summed E-state index contributed by atoms with van der Waals surface area (Å²) in [6.07, 6.45) is -5.00. The number of alkyl halides is 3. The van der Waals surface area contributed by atoms with E-state index < -0.39 is 23.4 Å². The zero-order valence-electron chi connectivity index (χ0n) is 19.3. The third kappa shape index (κ3) is 7.07. The number of hydrogen-bond donors (Lipinski definition) is 0. The highest BCUT2D eigenvalue weighted by atomic mass is 19.4. The second-order valence-corrected chi connectivity index (χ2v) is 9.75. The molecule has 0 aromatic heterocycles. The highest BCUT2D eigenvalue weighted by Crippen LogP contribution is 2.36. The highest BCUT2D eigenvalue weighted by molar-refractivity contribution is 5.72. The van der Waals surface area contributed by atoms with Gasteiger partial charge in [0.25, 0.3) is 0 Å². The number of piperazine rings is 1. The number of ether oxygens (including phenoxy) is 1. The zero-order valence-corrected chi connectivity index (χ0v) is 19.3. The van der Waals surface area contributed by atoms with Gasteiger partial charge in [-0.05, 0) is 62.9 Å². The lowest BCUT2D eigenvalue weighted by Crippen LogP contribution is -2.52. The van der Waals surface area contributed by atoms with Gasteiger partial charge in [0.2, 0.25) is 0 Å². The number of carboxylic acid groups (broad SMARTS) is 1. The number of benzene rings is 1. The van der Waals surface area contributed by atoms with Crippen LogP contribution in [0.25, 0.3) is 0 Å². The molecule has 1 atom stereocenters. The molecule has 3 rings (SSSR count). The van der Waals surface area contributed by atoms with Crippen molar-refractivity contribution in [3.05, 3.63) is 34.9 Å². The summed E-state index contributed by atoms with van der Waals surface area (Å²) in [6, 6.07) is 3.86. The Bertz CT molecular complexity index is 861. The first-order chi connectivity index (χ1) is 15.3. The smallest absolute Gasteiger partial charge is 0.416 e. The molecule has 0 bridgehead atoms. The molecule has 33 heavy (non-hydrogen) atoms. The Kier molecular flexibility index (Phi) is 7.58. The van der Waals surface area contributed by atoms with E-state index in [4.69, 9.17) is 4.74 Å². The Labute approximate surface area is 192 Å². The van der Waals surface area contributed by atoms with Gasteiger partial charge in [-0.25, -0.2) is 0 Å². The van der Waals surface area contributed by atoms with E-state index in [1.54, 1.807) is 20.8 Å². The Morgan fingerprint density at radius 2 is 1.73 bits per heavy atom. The maximum absolute atomic E-state index is 13.4. The number of hydrogen-bond acceptors (Lipinski definition) is 6. The van der Waals surface area contributed by atoms with Gasteiger partial charge in [-0.15, -0.1) is 0 Å². The fourth-order valence-electron chi connectivity index (χ4n) is 4.41. The second kappa shape index (κ2) is 9.89. The molecule has 0 N–H and O–H groups in total. The number of nitrogens with zero attached hydrogens (tertiary/aromatic N) is 3. The van der Waals surface area contributed by atoms with Crippen LogP contribution >= 0.6 is 0 Å². The summed E-state index contributed by atoms with van der Waals surface area (Å²) >= 11 is 0. The molecule has 0 aliphatic carbocycles. The van der Waals surface area contributed by atoms with Gasteiger partial charge >= 0.3 is 12.1 Å². The lowest BCUT2D eigenvalue weighted by Gasteiger charge is -2.36. The normalized spacial score (nSPS) is 20.8. The molecule has 0 saturated carbocycles. The van der Waals surface area contributed by atoms with Crippen molar-refractivity contribution in [2.24, 2.45) is 0 Å². The van der Waals surface area contributed by atoms with Crippen molar-refractivity contribution in [1.82, 2.24) is 14.7 Å². The molecule has 0 spiro atoms. The Balaban J connectivity index is 1.73. The minimum Gasteiger partial charge on any atom is -0.530 e. The van der Waals surface area contributed by atoms with Crippen LogP contribution in [0.3, 0.4) is 0 Å². The van der Waals surface area contributed by atoms with E-state index in [0.717, 1.165) is 11.6 Å². The van der Waals surface area contributed by atoms with Gasteiger partial charge in [-0.2, -0.15) is 13.2 Å². The van der Waals surface area contributed by atoms with Crippen LogP contribution in [0.1, 0.15) is 49.8 Å². The average Bonchev–Trinajstić information content (AvgIpc) is 3.14. The zero-order chi connectivity index (χ0) is 24.4. The first kappa shape index (κ1) is 25.3. The molecule has 2 aliphatic heterocycles. The van der Waals surface area contributed by atoms with E-state index in [9.17, 15) is 27.9 Å². The molecule has 1 amide bonds. The highest BCUT2D eigenvalue weighted by Gasteiger charge is 2.34. The van der Waals surface area contributed by atoms with E-state index in [0.29, 0.717) is 57.8 Å². The molecular formula is C23H31F3N3O4-. The lowest BCUT2D eigenvalue weighted by atomic mass is 9.91. The Morgan fingerprint density at radius 3 is 2.30 bits per heavy atom. The average molecular weight is 471 g/mol. The fraction of sp³-hybridized carbons (Fsp3) is 0.652. The van der Waals surface area contributed by atoms with E-state index in [2.05, 4.69) is 0 Å². The van der Waals surface area contributed by atoms with Crippen molar-refractivity contribution >= 4 is 12.1 Å². The minimum atomic E-state index is -4.44. The van der Waals surface area contributed by atoms with Crippen LogP contribution in [0.2, 0.25) is 0 Å². The van der Waals surface area contributed by atoms with Crippen LogP contribution in [0.15, 0.2) is 18.2 Å². The summed E-state index contributed by atoms with van der Waals surface area (Å²) in [5.41, 5.74) is 0.159. The number of carbonyl (C=O) groups is 2. The van der Waals surface area contributed by atoms with E-state index in [-0.39, 0.29) is 18.4 Å². The van der Waals surface area contributed by atoms with Gasteiger partial charge < -0.3 is 19.5 Å². The number of likely N-dealkylation sites (tertiary alicyclic amines) is 1. The van der Waals surface area contributed by atoms with Gasteiger partial charge in [-0.1, -0.05) is 6.07 Å². The van der Waals surface area contributed by atoms with Crippen molar-refractivity contribution in [2.45, 2.75) is 51.4 Å². The minimum absolute atomic E-state index is 0.104. The molecule has 2 saturated heterocycles. The Morgan fingerprint density at radius 1 is 1.06 bits per heavy atom. The third-order valence-electron chi connectivity index (χ3n) is 5.98. The van der Waals surface area contributed by atoms with Gasteiger partial charge in [0.1, 0.15) is 11.7 Å². The second-order valence-electron chi connectivity index (χ2n) is 9.75. The topological polar surface area (TPSA) is 76.2 Å². The molecule has 2 heterocycles. The fourth-order valence-corrected chi connectivity index (χ4v) is 4.41. The third-order valence-corrected chi connectivity index (χ3v) is 5.98. The Hall–Kier alpha value is -2.33. The molecule has 184 valence electrons. The van der Waals surface area contributed by atoms with Crippen LogP contribution in [-0.4, -0.2) is 78.2 Å². The molecular weight excluding hydrogens is 439 g/mol. The van der Waals surface area contributed by atoms with Crippen LogP contribution in [0.5, 0.6) is 0 Å². The molecule has 7 nitrogen and oxygen atoms in total. The first-order valence-electron chi connectivity index (χ1n) is 11.1. The van der Waals surface area contributed by atoms with E-state index >= 15 is 0 Å². The summed E-state index contributed by atoms with van der Waals surface area (Å²) in [7, 11) is 0. The van der Waals surface area contributed by atoms with Crippen LogP contribution < -0.4 is 5.11 Å². The maximum Gasteiger partial charge on any atom is 0.416 e. The molecule has 1 unspecified atom stereocenters. The standard InChI is InChI=1S/C23H32F3N3O4/c1-22(2,3)33-20(30)15-28-7-6-17(14-28)19-12-18(23(24,25)26)5-4-16(19)13-27-8-10-29(11-9-27)21(31)32/h4-5,12,17H,6-11,13-15H2,1-3H3,(H,31,32)/p-1. The molecule has 2 aliphatic rings. The van der Waals surface area contributed by atoms with Crippen molar-refractivity contribution in [2.75, 3.05) is 45.8 Å². The number of halogens is 3. The molecule has 10 heteroatoms. The van der Waals surface area contributed by atoms with Gasteiger partial charge in [0.15, 0.2) is 0 Å². The predicted octanol–water partition coefficient (Wildman–Crippen LogP) is 2.30. The molecule has 0 radical (unpaired) electrons. The maximum atomic E-state index is 13.4. The largest absolute Gasteiger partial charge is 0.530 e. The quantitative estimate of drug-likeness (QED) is 0.615. The molecule has 1 aromatic carbocycles.